The number of hydrogen-bond donors (Lipinski definition) is 0. The number of piperidine rings is 1. The number of nitrogens with zero attached hydrogens (tertiary/aromatic N) is 4. The summed E-state index contributed by atoms with van der Waals surface area (Å²) in [6.45, 7) is 5.33. The van der Waals surface area contributed by atoms with Crippen molar-refractivity contribution in [2.75, 3.05) is 73.6 Å². The molecule has 0 bridgehead atoms. The maximum absolute atomic E-state index is 13.2. The van der Waals surface area contributed by atoms with Gasteiger partial charge in [-0.25, -0.2) is 0 Å². The van der Waals surface area contributed by atoms with Crippen LogP contribution in [-0.4, -0.2) is 105 Å². The first-order chi connectivity index (χ1) is 14.8. The number of halogens is 1. The largest absolute Gasteiger partial charge is 0.493 e. The van der Waals surface area contributed by atoms with Crippen LogP contribution in [0.3, 0.4) is 0 Å². The molecule has 2 saturated heterocycles. The molecule has 31 heavy (non-hydrogen) atoms. The lowest BCUT2D eigenvalue weighted by molar-refractivity contribution is -0.142. The van der Waals surface area contributed by atoms with Crippen LogP contribution in [0, 0.1) is 5.41 Å². The topological polar surface area (TPSA) is 56.3 Å². The quantitative estimate of drug-likeness (QED) is 0.636. The number of ether oxygens (including phenoxy) is 1. The number of hydrogen-bond acceptors (Lipinski definition) is 5. The summed E-state index contributed by atoms with van der Waals surface area (Å²) in [6.07, 6.45) is 2.12. The van der Waals surface area contributed by atoms with E-state index in [1.165, 1.54) is 0 Å². The molecule has 0 N–H and O–H groups in total. The molecule has 0 spiro atoms. The van der Waals surface area contributed by atoms with Crippen molar-refractivity contribution >= 4 is 23.4 Å². The van der Waals surface area contributed by atoms with Crippen LogP contribution in [0.25, 0.3) is 0 Å². The van der Waals surface area contributed by atoms with Gasteiger partial charge in [-0.2, -0.15) is 0 Å². The molecule has 1 atom stereocenters. The van der Waals surface area contributed by atoms with Gasteiger partial charge < -0.3 is 24.3 Å². The number of rotatable bonds is 7. The van der Waals surface area contributed by atoms with Crippen molar-refractivity contribution in [3.63, 3.8) is 0 Å². The van der Waals surface area contributed by atoms with Gasteiger partial charge in [0.05, 0.1) is 13.2 Å². The fourth-order valence-corrected chi connectivity index (χ4v) is 4.57. The molecule has 172 valence electrons. The van der Waals surface area contributed by atoms with Crippen LogP contribution in [-0.2, 0) is 9.59 Å². The Kier molecular flexibility index (Phi) is 8.19. The third kappa shape index (κ3) is 6.82. The van der Waals surface area contributed by atoms with Crippen LogP contribution in [0.2, 0.25) is 5.02 Å². The van der Waals surface area contributed by atoms with Crippen LogP contribution < -0.4 is 4.74 Å². The number of likely N-dealkylation sites (N-methyl/N-ethyl adjacent to an activating group) is 2. The summed E-state index contributed by atoms with van der Waals surface area (Å²) in [5.41, 5.74) is -0.400. The van der Waals surface area contributed by atoms with Crippen molar-refractivity contribution in [1.82, 2.24) is 19.6 Å². The van der Waals surface area contributed by atoms with Gasteiger partial charge in [-0.1, -0.05) is 17.7 Å². The molecule has 0 aliphatic carbocycles. The minimum Gasteiger partial charge on any atom is -0.493 e. The van der Waals surface area contributed by atoms with Gasteiger partial charge in [0, 0.05) is 56.1 Å². The number of carbonyl (C=O) groups excluding carboxylic acids is 2. The zero-order chi connectivity index (χ0) is 22.4. The number of carbonyl (C=O) groups is 2. The smallest absolute Gasteiger partial charge is 0.236 e. The third-order valence-corrected chi connectivity index (χ3v) is 6.42. The second-order valence-corrected chi connectivity index (χ2v) is 9.70. The summed E-state index contributed by atoms with van der Waals surface area (Å²) in [7, 11) is 5.88. The van der Waals surface area contributed by atoms with E-state index in [0.29, 0.717) is 36.9 Å². The highest BCUT2D eigenvalue weighted by Gasteiger charge is 2.41. The number of likely N-dealkylation sites (tertiary alicyclic amines) is 1. The Bertz CT molecular complexity index is 767. The summed E-state index contributed by atoms with van der Waals surface area (Å²) in [5, 5.41) is 0.617. The Labute approximate surface area is 190 Å². The molecule has 2 heterocycles. The van der Waals surface area contributed by atoms with Crippen molar-refractivity contribution in [2.24, 2.45) is 5.41 Å². The second kappa shape index (κ2) is 10.7. The van der Waals surface area contributed by atoms with Crippen molar-refractivity contribution in [1.29, 1.82) is 0 Å². The van der Waals surface area contributed by atoms with E-state index < -0.39 is 5.41 Å². The fourth-order valence-electron chi connectivity index (χ4n) is 4.39. The summed E-state index contributed by atoms with van der Waals surface area (Å²) >= 11 is 6.11. The highest BCUT2D eigenvalue weighted by molar-refractivity contribution is 6.30. The number of benzene rings is 1. The van der Waals surface area contributed by atoms with E-state index in [-0.39, 0.29) is 11.8 Å². The average molecular weight is 451 g/mol. The molecule has 0 radical (unpaired) electrons. The summed E-state index contributed by atoms with van der Waals surface area (Å²) in [5.74, 6) is 0.948. The van der Waals surface area contributed by atoms with E-state index in [0.717, 1.165) is 45.6 Å². The summed E-state index contributed by atoms with van der Waals surface area (Å²) in [4.78, 5) is 34.0. The summed E-state index contributed by atoms with van der Waals surface area (Å²) in [6, 6.07) is 7.33. The van der Waals surface area contributed by atoms with Gasteiger partial charge in [0.1, 0.15) is 5.75 Å². The molecule has 2 amide bonds. The Balaban J connectivity index is 1.73. The zero-order valence-electron chi connectivity index (χ0n) is 19.0. The van der Waals surface area contributed by atoms with E-state index in [2.05, 4.69) is 11.9 Å². The van der Waals surface area contributed by atoms with Gasteiger partial charge >= 0.3 is 0 Å². The SMILES string of the molecule is CN(C)CC(=O)N1CCCC(COc2cccc(Cl)c2)(CC(=O)N2CCN(C)CC2)C1. The van der Waals surface area contributed by atoms with Crippen molar-refractivity contribution < 1.29 is 14.3 Å². The Morgan fingerprint density at radius 1 is 1.10 bits per heavy atom. The molecule has 1 aromatic rings. The van der Waals surface area contributed by atoms with E-state index in [4.69, 9.17) is 16.3 Å². The first-order valence-corrected chi connectivity index (χ1v) is 11.4. The Hall–Kier alpha value is -1.83. The van der Waals surface area contributed by atoms with E-state index >= 15 is 0 Å². The molecular formula is C23H35ClN4O3. The molecule has 3 rings (SSSR count). The molecule has 7 nitrogen and oxygen atoms in total. The zero-order valence-corrected chi connectivity index (χ0v) is 19.7. The molecule has 0 aromatic heterocycles. The van der Waals surface area contributed by atoms with Crippen molar-refractivity contribution in [3.05, 3.63) is 29.3 Å². The number of amides is 2. The molecule has 8 heteroatoms. The van der Waals surface area contributed by atoms with E-state index in [1.807, 2.05) is 47.0 Å². The lowest BCUT2D eigenvalue weighted by Crippen LogP contribution is -2.54. The first kappa shape index (κ1) is 23.8. The van der Waals surface area contributed by atoms with Gasteiger partial charge in [-0.15, -0.1) is 0 Å². The van der Waals surface area contributed by atoms with Gasteiger partial charge in [0.2, 0.25) is 11.8 Å². The molecule has 2 fully saturated rings. The lowest BCUT2D eigenvalue weighted by atomic mass is 9.77. The minimum atomic E-state index is -0.400. The average Bonchev–Trinajstić information content (AvgIpc) is 2.72. The standard InChI is InChI=1S/C23H35ClN4O3/c1-25(2)16-22(30)28-9-5-8-23(17-28,18-31-20-7-4-6-19(24)14-20)15-21(29)27-12-10-26(3)11-13-27/h4,6-7,14H,5,8-13,15-18H2,1-3H3. The van der Waals surface area contributed by atoms with Gasteiger partial charge in [-0.05, 0) is 52.2 Å². The molecule has 1 aromatic carbocycles. The monoisotopic (exact) mass is 450 g/mol. The normalized spacial score (nSPS) is 22.6. The lowest BCUT2D eigenvalue weighted by Gasteiger charge is -2.44. The van der Waals surface area contributed by atoms with Gasteiger partial charge in [0.25, 0.3) is 0 Å². The summed E-state index contributed by atoms with van der Waals surface area (Å²) < 4.78 is 6.13. The first-order valence-electron chi connectivity index (χ1n) is 11.0. The minimum absolute atomic E-state index is 0.101. The Morgan fingerprint density at radius 3 is 2.52 bits per heavy atom. The second-order valence-electron chi connectivity index (χ2n) is 9.26. The maximum atomic E-state index is 13.2. The maximum Gasteiger partial charge on any atom is 0.236 e. The van der Waals surface area contributed by atoms with Crippen LogP contribution in [0.4, 0.5) is 0 Å². The van der Waals surface area contributed by atoms with Crippen molar-refractivity contribution in [2.45, 2.75) is 19.3 Å². The number of piperazine rings is 1. The molecule has 2 aliphatic rings. The highest BCUT2D eigenvalue weighted by atomic mass is 35.5. The third-order valence-electron chi connectivity index (χ3n) is 6.19. The molecule has 0 saturated carbocycles. The van der Waals surface area contributed by atoms with E-state index in [9.17, 15) is 9.59 Å². The van der Waals surface area contributed by atoms with Gasteiger partial charge in [-0.3, -0.25) is 9.59 Å². The predicted molar refractivity (Wildman–Crippen MR) is 122 cm³/mol. The molecule has 1 unspecified atom stereocenters. The van der Waals surface area contributed by atoms with Crippen LogP contribution in [0.1, 0.15) is 19.3 Å². The van der Waals surface area contributed by atoms with E-state index in [1.54, 1.807) is 6.07 Å². The molecule has 2 aliphatic heterocycles. The van der Waals surface area contributed by atoms with Crippen LogP contribution in [0.15, 0.2) is 24.3 Å². The Morgan fingerprint density at radius 2 is 1.84 bits per heavy atom. The molecular weight excluding hydrogens is 416 g/mol. The van der Waals surface area contributed by atoms with Crippen LogP contribution >= 0.6 is 11.6 Å². The highest BCUT2D eigenvalue weighted by Crippen LogP contribution is 2.35. The van der Waals surface area contributed by atoms with Crippen molar-refractivity contribution in [3.8, 4) is 5.75 Å². The van der Waals surface area contributed by atoms with Crippen LogP contribution in [0.5, 0.6) is 5.75 Å². The van der Waals surface area contributed by atoms with Gasteiger partial charge in [0.15, 0.2) is 0 Å². The predicted octanol–water partition coefficient (Wildman–Crippen LogP) is 2.05. The fraction of sp³-hybridized carbons (Fsp3) is 0.652.